The summed E-state index contributed by atoms with van der Waals surface area (Å²) in [6.07, 6.45) is -3.49. The quantitative estimate of drug-likeness (QED) is 0.247. The number of alkyl halides is 3. The number of benzene rings is 3. The van der Waals surface area contributed by atoms with E-state index >= 15 is 0 Å². The molecular formula is C29H29F3N4O3. The zero-order valence-electron chi connectivity index (χ0n) is 21.8. The summed E-state index contributed by atoms with van der Waals surface area (Å²) in [5, 5.41) is 7.35. The number of halogens is 3. The van der Waals surface area contributed by atoms with Crippen LogP contribution in [0, 0.1) is 5.92 Å². The smallest absolute Gasteiger partial charge is 0.416 e. The number of nitrogens with one attached hydrogen (secondary N) is 1. The Morgan fingerprint density at radius 1 is 1.03 bits per heavy atom. The standard InChI is InChI=1S/C29H29F3N4O3/c1-19(2)17-26(37)33-23-5-4-6-24(18-23)36-27(21-9-11-22(12-10-21)29(30,31)32)34-28(35-36)39-16-15-20-7-13-25(38-3)14-8-20/h4-14,18-19H,15-17H2,1-3H3,(H,33,37). The van der Waals surface area contributed by atoms with Crippen molar-refractivity contribution in [2.45, 2.75) is 32.9 Å². The molecule has 7 nitrogen and oxygen atoms in total. The molecule has 1 aromatic heterocycles. The van der Waals surface area contributed by atoms with E-state index in [1.807, 2.05) is 38.1 Å². The van der Waals surface area contributed by atoms with E-state index < -0.39 is 11.7 Å². The Labute approximate surface area is 224 Å². The number of carbonyl (C=O) groups is 1. The zero-order valence-corrected chi connectivity index (χ0v) is 21.8. The number of nitrogens with zero attached hydrogens (tertiary/aromatic N) is 3. The van der Waals surface area contributed by atoms with Gasteiger partial charge in [-0.3, -0.25) is 4.79 Å². The highest BCUT2D eigenvalue weighted by Gasteiger charge is 2.30. The van der Waals surface area contributed by atoms with E-state index in [9.17, 15) is 18.0 Å². The Morgan fingerprint density at radius 2 is 1.74 bits per heavy atom. The Bertz CT molecular complexity index is 1400. The summed E-state index contributed by atoms with van der Waals surface area (Å²) >= 11 is 0. The van der Waals surface area contributed by atoms with Crippen molar-refractivity contribution < 1.29 is 27.4 Å². The molecule has 4 rings (SSSR count). The lowest BCUT2D eigenvalue weighted by molar-refractivity contribution is -0.137. The van der Waals surface area contributed by atoms with E-state index in [2.05, 4.69) is 15.4 Å². The molecule has 0 aliphatic rings. The molecule has 1 heterocycles. The molecule has 0 aliphatic heterocycles. The summed E-state index contributed by atoms with van der Waals surface area (Å²) in [5.74, 6) is 1.14. The minimum Gasteiger partial charge on any atom is -0.497 e. The normalized spacial score (nSPS) is 11.5. The fourth-order valence-corrected chi connectivity index (χ4v) is 3.88. The van der Waals surface area contributed by atoms with Crippen molar-refractivity contribution in [3.05, 3.63) is 83.9 Å². The van der Waals surface area contributed by atoms with Crippen molar-refractivity contribution in [2.24, 2.45) is 5.92 Å². The Hall–Kier alpha value is -4.34. The van der Waals surface area contributed by atoms with E-state index in [1.165, 1.54) is 16.8 Å². The molecule has 10 heteroatoms. The van der Waals surface area contributed by atoms with Crippen LogP contribution in [-0.4, -0.2) is 34.4 Å². The van der Waals surface area contributed by atoms with Gasteiger partial charge in [-0.15, -0.1) is 5.10 Å². The average molecular weight is 539 g/mol. The summed E-state index contributed by atoms with van der Waals surface area (Å²) in [7, 11) is 1.60. The molecule has 204 valence electrons. The third-order valence-corrected chi connectivity index (χ3v) is 5.81. The van der Waals surface area contributed by atoms with E-state index in [0.29, 0.717) is 35.6 Å². The van der Waals surface area contributed by atoms with Gasteiger partial charge in [0, 0.05) is 24.1 Å². The Morgan fingerprint density at radius 3 is 2.38 bits per heavy atom. The van der Waals surface area contributed by atoms with Gasteiger partial charge in [0.05, 0.1) is 25.0 Å². The first-order valence-corrected chi connectivity index (χ1v) is 12.4. The van der Waals surface area contributed by atoms with Crippen LogP contribution in [-0.2, 0) is 17.4 Å². The maximum Gasteiger partial charge on any atom is 0.416 e. The van der Waals surface area contributed by atoms with E-state index in [0.717, 1.165) is 23.4 Å². The molecule has 0 radical (unpaired) electrons. The Kier molecular flexibility index (Phi) is 8.53. The fourth-order valence-electron chi connectivity index (χ4n) is 3.88. The van der Waals surface area contributed by atoms with Crippen LogP contribution in [0.5, 0.6) is 11.8 Å². The second-order valence-corrected chi connectivity index (χ2v) is 9.35. The molecule has 0 unspecified atom stereocenters. The highest BCUT2D eigenvalue weighted by atomic mass is 19.4. The number of anilines is 1. The number of rotatable bonds is 10. The summed E-state index contributed by atoms with van der Waals surface area (Å²) in [4.78, 5) is 16.8. The van der Waals surface area contributed by atoms with Gasteiger partial charge in [-0.2, -0.15) is 18.2 Å². The van der Waals surface area contributed by atoms with E-state index in [-0.39, 0.29) is 24.4 Å². The lowest BCUT2D eigenvalue weighted by Gasteiger charge is -2.11. The number of carbonyl (C=O) groups excluding carboxylic acids is 1. The number of ether oxygens (including phenoxy) is 2. The van der Waals surface area contributed by atoms with Crippen molar-refractivity contribution in [3.8, 4) is 28.8 Å². The van der Waals surface area contributed by atoms with Gasteiger partial charge >= 0.3 is 12.2 Å². The molecule has 0 aliphatic carbocycles. The van der Waals surface area contributed by atoms with Crippen molar-refractivity contribution in [3.63, 3.8) is 0 Å². The number of aromatic nitrogens is 3. The maximum atomic E-state index is 13.1. The molecule has 0 atom stereocenters. The fraction of sp³-hybridized carbons (Fsp3) is 0.276. The molecule has 3 aromatic carbocycles. The molecule has 1 amide bonds. The summed E-state index contributed by atoms with van der Waals surface area (Å²) in [6.45, 7) is 4.20. The molecular weight excluding hydrogens is 509 g/mol. The first kappa shape index (κ1) is 27.7. The van der Waals surface area contributed by atoms with Gasteiger partial charge in [-0.05, 0) is 53.9 Å². The SMILES string of the molecule is COc1ccc(CCOc2nc(-c3ccc(C(F)(F)F)cc3)n(-c3cccc(NC(=O)CC(C)C)c3)n2)cc1. The van der Waals surface area contributed by atoms with Crippen LogP contribution in [0.3, 0.4) is 0 Å². The number of methoxy groups -OCH3 is 1. The third-order valence-electron chi connectivity index (χ3n) is 5.81. The summed E-state index contributed by atoms with van der Waals surface area (Å²) in [5.41, 5.74) is 1.82. The van der Waals surface area contributed by atoms with Crippen LogP contribution < -0.4 is 14.8 Å². The lowest BCUT2D eigenvalue weighted by Crippen LogP contribution is -2.14. The molecule has 4 aromatic rings. The van der Waals surface area contributed by atoms with Crippen LogP contribution in [0.25, 0.3) is 17.1 Å². The topological polar surface area (TPSA) is 78.3 Å². The molecule has 0 saturated carbocycles. The van der Waals surface area contributed by atoms with Crippen molar-refractivity contribution >= 4 is 11.6 Å². The second kappa shape index (κ2) is 12.0. The average Bonchev–Trinajstić information content (AvgIpc) is 3.32. The van der Waals surface area contributed by atoms with Gasteiger partial charge in [0.15, 0.2) is 5.82 Å². The van der Waals surface area contributed by atoms with Gasteiger partial charge in [0.2, 0.25) is 5.91 Å². The van der Waals surface area contributed by atoms with Crippen LogP contribution in [0.1, 0.15) is 31.4 Å². The van der Waals surface area contributed by atoms with E-state index in [4.69, 9.17) is 9.47 Å². The first-order valence-electron chi connectivity index (χ1n) is 12.4. The predicted octanol–water partition coefficient (Wildman–Crippen LogP) is 6.57. The van der Waals surface area contributed by atoms with Crippen LogP contribution in [0.4, 0.5) is 18.9 Å². The van der Waals surface area contributed by atoms with Crippen molar-refractivity contribution in [2.75, 3.05) is 19.0 Å². The van der Waals surface area contributed by atoms with Gasteiger partial charge in [-0.1, -0.05) is 44.2 Å². The lowest BCUT2D eigenvalue weighted by atomic mass is 10.1. The highest BCUT2D eigenvalue weighted by Crippen LogP contribution is 2.32. The molecule has 0 spiro atoms. The number of hydrogen-bond donors (Lipinski definition) is 1. The minimum absolute atomic E-state index is 0.0765. The second-order valence-electron chi connectivity index (χ2n) is 9.35. The maximum absolute atomic E-state index is 13.1. The Balaban J connectivity index is 1.61. The molecule has 0 bridgehead atoms. The third kappa shape index (κ3) is 7.37. The van der Waals surface area contributed by atoms with Crippen molar-refractivity contribution in [1.82, 2.24) is 14.8 Å². The zero-order chi connectivity index (χ0) is 28.0. The number of hydrogen-bond acceptors (Lipinski definition) is 5. The molecule has 0 saturated heterocycles. The number of amides is 1. The highest BCUT2D eigenvalue weighted by molar-refractivity contribution is 5.91. The van der Waals surface area contributed by atoms with Gasteiger partial charge < -0.3 is 14.8 Å². The largest absolute Gasteiger partial charge is 0.497 e. The van der Waals surface area contributed by atoms with Gasteiger partial charge in [0.25, 0.3) is 0 Å². The molecule has 0 fully saturated rings. The van der Waals surface area contributed by atoms with Crippen LogP contribution >= 0.6 is 0 Å². The van der Waals surface area contributed by atoms with Gasteiger partial charge in [0.1, 0.15) is 5.75 Å². The van der Waals surface area contributed by atoms with Crippen molar-refractivity contribution in [1.29, 1.82) is 0 Å². The molecule has 1 N–H and O–H groups in total. The summed E-state index contributed by atoms with van der Waals surface area (Å²) < 4.78 is 51.9. The minimum atomic E-state index is -4.45. The first-order chi connectivity index (χ1) is 18.6. The van der Waals surface area contributed by atoms with Crippen LogP contribution in [0.2, 0.25) is 0 Å². The predicted molar refractivity (Wildman–Crippen MR) is 142 cm³/mol. The van der Waals surface area contributed by atoms with Gasteiger partial charge in [-0.25, -0.2) is 4.68 Å². The molecule has 39 heavy (non-hydrogen) atoms. The summed E-state index contributed by atoms with van der Waals surface area (Å²) in [6, 6.07) is 19.3. The monoisotopic (exact) mass is 538 g/mol. The van der Waals surface area contributed by atoms with E-state index in [1.54, 1.807) is 31.4 Å². The van der Waals surface area contributed by atoms with Crippen LogP contribution in [0.15, 0.2) is 72.8 Å².